The van der Waals surface area contributed by atoms with E-state index in [9.17, 15) is 9.59 Å². The molecule has 0 radical (unpaired) electrons. The topological polar surface area (TPSA) is 78.4 Å². The minimum Gasteiger partial charge on any atom is -0.480 e. The van der Waals surface area contributed by atoms with E-state index in [-0.39, 0.29) is 0 Å². The van der Waals surface area contributed by atoms with E-state index in [1.165, 1.54) is 5.56 Å². The highest BCUT2D eigenvalue weighted by molar-refractivity contribution is 7.98. The van der Waals surface area contributed by atoms with Crippen LogP contribution in [0, 0.1) is 6.92 Å². The van der Waals surface area contributed by atoms with E-state index in [0.717, 1.165) is 12.0 Å². The predicted molar refractivity (Wildman–Crippen MR) is 85.8 cm³/mol. The molecule has 3 N–H and O–H groups in total. The molecule has 0 fully saturated rings. The van der Waals surface area contributed by atoms with Crippen molar-refractivity contribution in [1.29, 1.82) is 0 Å². The summed E-state index contributed by atoms with van der Waals surface area (Å²) in [5.74, 6) is -0.307. The molecule has 0 aliphatic heterocycles. The molecule has 116 valence electrons. The Hall–Kier alpha value is -1.69. The number of carbonyl (C=O) groups excluding carboxylic acids is 1. The monoisotopic (exact) mass is 310 g/mol. The molecule has 1 rings (SSSR count). The van der Waals surface area contributed by atoms with E-state index in [1.54, 1.807) is 11.8 Å². The molecule has 21 heavy (non-hydrogen) atoms. The number of aliphatic carboxylic acids is 1. The summed E-state index contributed by atoms with van der Waals surface area (Å²) in [5.41, 5.74) is 2.33. The van der Waals surface area contributed by atoms with Crippen molar-refractivity contribution in [3.63, 3.8) is 0 Å². The molecular formula is C15H22N2O3S. The van der Waals surface area contributed by atoms with E-state index in [2.05, 4.69) is 10.6 Å². The molecule has 2 amide bonds. The van der Waals surface area contributed by atoms with E-state index in [0.29, 0.717) is 18.7 Å². The number of hydrogen-bond acceptors (Lipinski definition) is 3. The van der Waals surface area contributed by atoms with Gasteiger partial charge in [0.25, 0.3) is 0 Å². The van der Waals surface area contributed by atoms with Gasteiger partial charge in [0.1, 0.15) is 6.04 Å². The first-order valence-electron chi connectivity index (χ1n) is 6.84. The van der Waals surface area contributed by atoms with Gasteiger partial charge in [0, 0.05) is 6.54 Å². The second-order valence-electron chi connectivity index (χ2n) is 4.81. The van der Waals surface area contributed by atoms with Crippen LogP contribution >= 0.6 is 11.8 Å². The summed E-state index contributed by atoms with van der Waals surface area (Å²) in [4.78, 5) is 22.7. The minimum atomic E-state index is -1.00. The number of benzene rings is 1. The second kappa shape index (κ2) is 9.28. The van der Waals surface area contributed by atoms with Crippen LogP contribution < -0.4 is 10.6 Å². The Bertz CT molecular complexity index is 462. The Morgan fingerprint density at radius 2 is 1.95 bits per heavy atom. The molecule has 1 unspecified atom stereocenters. The lowest BCUT2D eigenvalue weighted by atomic mass is 10.1. The highest BCUT2D eigenvalue weighted by Crippen LogP contribution is 2.03. The van der Waals surface area contributed by atoms with Gasteiger partial charge >= 0.3 is 12.0 Å². The maximum absolute atomic E-state index is 11.7. The Labute approximate surface area is 129 Å². The Kier molecular flexibility index (Phi) is 7.68. The van der Waals surface area contributed by atoms with Gasteiger partial charge in [-0.15, -0.1) is 0 Å². The summed E-state index contributed by atoms with van der Waals surface area (Å²) < 4.78 is 0. The van der Waals surface area contributed by atoms with Crippen molar-refractivity contribution in [3.8, 4) is 0 Å². The van der Waals surface area contributed by atoms with E-state index < -0.39 is 18.0 Å². The van der Waals surface area contributed by atoms with Gasteiger partial charge in [0.15, 0.2) is 0 Å². The van der Waals surface area contributed by atoms with Gasteiger partial charge in [0.2, 0.25) is 0 Å². The Morgan fingerprint density at radius 1 is 1.29 bits per heavy atom. The summed E-state index contributed by atoms with van der Waals surface area (Å²) in [6, 6.07) is 6.82. The summed E-state index contributed by atoms with van der Waals surface area (Å²) in [6.07, 6.45) is 3.04. The minimum absolute atomic E-state index is 0.419. The first-order valence-corrected chi connectivity index (χ1v) is 8.24. The van der Waals surface area contributed by atoms with Crippen LogP contribution in [-0.2, 0) is 11.2 Å². The molecule has 0 aromatic heterocycles. The number of carbonyl (C=O) groups is 2. The third-order valence-corrected chi connectivity index (χ3v) is 3.68. The van der Waals surface area contributed by atoms with Gasteiger partial charge in [-0.2, -0.15) is 11.8 Å². The predicted octanol–water partition coefficient (Wildman–Crippen LogP) is 2.04. The van der Waals surface area contributed by atoms with Gasteiger partial charge < -0.3 is 15.7 Å². The fraction of sp³-hybridized carbons (Fsp3) is 0.467. The Balaban J connectivity index is 2.32. The highest BCUT2D eigenvalue weighted by Gasteiger charge is 2.18. The molecule has 0 bridgehead atoms. The summed E-state index contributed by atoms with van der Waals surface area (Å²) in [5, 5.41) is 14.2. The molecule has 0 saturated heterocycles. The Morgan fingerprint density at radius 3 is 2.52 bits per heavy atom. The quantitative estimate of drug-likeness (QED) is 0.686. The second-order valence-corrected chi connectivity index (χ2v) is 5.79. The molecule has 0 aliphatic rings. The van der Waals surface area contributed by atoms with Crippen LogP contribution in [0.25, 0.3) is 0 Å². The van der Waals surface area contributed by atoms with Crippen molar-refractivity contribution in [2.75, 3.05) is 18.6 Å². The SMILES string of the molecule is CSCCC(NC(=O)NCCc1ccc(C)cc1)C(=O)O. The molecule has 1 atom stereocenters. The lowest BCUT2D eigenvalue weighted by Gasteiger charge is -2.14. The standard InChI is InChI=1S/C15H22N2O3S/c1-11-3-5-12(6-4-11)7-9-16-15(20)17-13(14(18)19)8-10-21-2/h3-6,13H,7-10H2,1-2H3,(H,18,19)(H2,16,17,20). The average molecular weight is 310 g/mol. The number of carboxylic acid groups (broad SMARTS) is 1. The molecule has 0 aliphatic carbocycles. The number of rotatable bonds is 8. The van der Waals surface area contributed by atoms with Gasteiger partial charge in [-0.05, 0) is 37.3 Å². The van der Waals surface area contributed by atoms with Gasteiger partial charge in [-0.25, -0.2) is 9.59 Å². The highest BCUT2D eigenvalue weighted by atomic mass is 32.2. The van der Waals surface area contributed by atoms with Gasteiger partial charge in [-0.1, -0.05) is 29.8 Å². The van der Waals surface area contributed by atoms with E-state index in [1.807, 2.05) is 37.4 Å². The van der Waals surface area contributed by atoms with Crippen LogP contribution in [0.5, 0.6) is 0 Å². The van der Waals surface area contributed by atoms with Crippen molar-refractivity contribution in [3.05, 3.63) is 35.4 Å². The van der Waals surface area contributed by atoms with E-state index in [4.69, 9.17) is 5.11 Å². The molecule has 5 nitrogen and oxygen atoms in total. The maximum atomic E-state index is 11.7. The molecule has 1 aromatic rings. The summed E-state index contributed by atoms with van der Waals surface area (Å²) in [6.45, 7) is 2.50. The molecule has 0 heterocycles. The number of amides is 2. The smallest absolute Gasteiger partial charge is 0.326 e. The van der Waals surface area contributed by atoms with Crippen LogP contribution in [-0.4, -0.2) is 41.7 Å². The largest absolute Gasteiger partial charge is 0.480 e. The average Bonchev–Trinajstić information content (AvgIpc) is 2.45. The van der Waals surface area contributed by atoms with Crippen LogP contribution in [0.1, 0.15) is 17.5 Å². The lowest BCUT2D eigenvalue weighted by molar-refractivity contribution is -0.139. The maximum Gasteiger partial charge on any atom is 0.326 e. The van der Waals surface area contributed by atoms with E-state index >= 15 is 0 Å². The third kappa shape index (κ3) is 7.04. The molecule has 0 spiro atoms. The zero-order chi connectivity index (χ0) is 15.7. The normalized spacial score (nSPS) is 11.7. The molecular weight excluding hydrogens is 288 g/mol. The first kappa shape index (κ1) is 17.4. The van der Waals surface area contributed by atoms with Crippen LogP contribution in [0.4, 0.5) is 4.79 Å². The van der Waals surface area contributed by atoms with Crippen molar-refractivity contribution < 1.29 is 14.7 Å². The first-order chi connectivity index (χ1) is 10.0. The fourth-order valence-corrected chi connectivity index (χ4v) is 2.25. The molecule has 0 saturated carbocycles. The van der Waals surface area contributed by atoms with Crippen molar-refractivity contribution in [2.24, 2.45) is 0 Å². The summed E-state index contributed by atoms with van der Waals surface area (Å²) >= 11 is 1.56. The van der Waals surface area contributed by atoms with Crippen molar-refractivity contribution in [2.45, 2.75) is 25.8 Å². The molecule has 6 heteroatoms. The van der Waals surface area contributed by atoms with Crippen molar-refractivity contribution >= 4 is 23.8 Å². The molecule has 1 aromatic carbocycles. The van der Waals surface area contributed by atoms with Gasteiger partial charge in [0.05, 0.1) is 0 Å². The van der Waals surface area contributed by atoms with Crippen molar-refractivity contribution in [1.82, 2.24) is 10.6 Å². The van der Waals surface area contributed by atoms with Crippen LogP contribution in [0.15, 0.2) is 24.3 Å². The third-order valence-electron chi connectivity index (χ3n) is 3.03. The zero-order valence-corrected chi connectivity index (χ0v) is 13.2. The number of hydrogen-bond donors (Lipinski definition) is 3. The lowest BCUT2D eigenvalue weighted by Crippen LogP contribution is -2.46. The number of urea groups is 1. The summed E-state index contributed by atoms with van der Waals surface area (Å²) in [7, 11) is 0. The number of nitrogens with one attached hydrogen (secondary N) is 2. The van der Waals surface area contributed by atoms with Crippen LogP contribution in [0.2, 0.25) is 0 Å². The number of thioether (sulfide) groups is 1. The van der Waals surface area contributed by atoms with Gasteiger partial charge in [-0.3, -0.25) is 0 Å². The number of carboxylic acids is 1. The number of aryl methyl sites for hydroxylation is 1. The van der Waals surface area contributed by atoms with Crippen LogP contribution in [0.3, 0.4) is 0 Å². The fourth-order valence-electron chi connectivity index (χ4n) is 1.78. The zero-order valence-electron chi connectivity index (χ0n) is 12.4.